The van der Waals surface area contributed by atoms with Gasteiger partial charge < -0.3 is 5.11 Å². The van der Waals surface area contributed by atoms with Crippen molar-refractivity contribution in [1.82, 2.24) is 4.72 Å². The molecule has 0 aliphatic carbocycles. The number of sulfonamides is 1. The van der Waals surface area contributed by atoms with E-state index in [1.54, 1.807) is 0 Å². The largest absolute Gasteiger partial charge is 0.478 e. The fraction of sp³-hybridized carbons (Fsp3) is 0.417. The summed E-state index contributed by atoms with van der Waals surface area (Å²) < 4.78 is 50.0. The van der Waals surface area contributed by atoms with Crippen LogP contribution in [-0.2, 0) is 19.9 Å². The molecule has 0 radical (unpaired) electrons. The summed E-state index contributed by atoms with van der Waals surface area (Å²) >= 11 is 5.88. The number of benzene rings is 1. The Morgan fingerprint density at radius 1 is 1.36 bits per heavy atom. The second kappa shape index (κ2) is 5.80. The van der Waals surface area contributed by atoms with Crippen LogP contribution in [0.2, 0.25) is 0 Å². The SMILES string of the molecule is Cc1ccc(C(=O)O)cc1S(=O)(=O)N[C@H]1CS(=O)(=O)C[C@@H]1Cl. The minimum Gasteiger partial charge on any atom is -0.478 e. The number of rotatable bonds is 4. The van der Waals surface area contributed by atoms with Gasteiger partial charge in [-0.3, -0.25) is 0 Å². The Labute approximate surface area is 133 Å². The molecule has 1 aliphatic rings. The van der Waals surface area contributed by atoms with Crippen LogP contribution >= 0.6 is 11.6 Å². The maximum atomic E-state index is 12.4. The maximum absolute atomic E-state index is 12.4. The van der Waals surface area contributed by atoms with Gasteiger partial charge in [-0.05, 0) is 24.6 Å². The molecule has 0 saturated carbocycles. The van der Waals surface area contributed by atoms with Gasteiger partial charge in [-0.1, -0.05) is 6.07 Å². The Kier molecular flexibility index (Phi) is 4.54. The van der Waals surface area contributed by atoms with Crippen LogP contribution in [-0.4, -0.2) is 50.8 Å². The topological polar surface area (TPSA) is 118 Å². The van der Waals surface area contributed by atoms with Crippen molar-refractivity contribution in [3.63, 3.8) is 0 Å². The predicted molar refractivity (Wildman–Crippen MR) is 80.5 cm³/mol. The standard InChI is InChI=1S/C12H14ClNO6S2/c1-7-2-3-8(12(15)16)4-11(7)22(19,20)14-10-6-21(17,18)5-9(10)13/h2-4,9-10,14H,5-6H2,1H3,(H,15,16)/t9-,10-/m0/s1. The lowest BCUT2D eigenvalue weighted by atomic mass is 10.1. The van der Waals surface area contributed by atoms with E-state index in [-0.39, 0.29) is 22.0 Å². The first-order valence-corrected chi connectivity index (χ1v) is 9.97. The fourth-order valence-corrected chi connectivity index (χ4v) is 6.48. The number of hydrogen-bond acceptors (Lipinski definition) is 5. The molecule has 2 rings (SSSR count). The van der Waals surface area contributed by atoms with Gasteiger partial charge in [-0.15, -0.1) is 11.6 Å². The average Bonchev–Trinajstić information content (AvgIpc) is 2.61. The van der Waals surface area contributed by atoms with Crippen LogP contribution in [0.15, 0.2) is 23.1 Å². The van der Waals surface area contributed by atoms with Gasteiger partial charge in [0.2, 0.25) is 10.0 Å². The van der Waals surface area contributed by atoms with E-state index < -0.39 is 37.2 Å². The first-order chi connectivity index (χ1) is 10.0. The molecule has 0 unspecified atom stereocenters. The van der Waals surface area contributed by atoms with E-state index in [1.165, 1.54) is 19.1 Å². The molecule has 1 fully saturated rings. The van der Waals surface area contributed by atoms with Crippen LogP contribution in [0.5, 0.6) is 0 Å². The highest BCUT2D eigenvalue weighted by molar-refractivity contribution is 7.92. The Morgan fingerprint density at radius 2 is 2.00 bits per heavy atom. The normalized spacial score (nSPS) is 24.3. The number of aromatic carboxylic acids is 1. The number of carboxylic acid groups (broad SMARTS) is 1. The van der Waals surface area contributed by atoms with E-state index in [0.717, 1.165) is 6.07 Å². The van der Waals surface area contributed by atoms with Gasteiger partial charge >= 0.3 is 5.97 Å². The van der Waals surface area contributed by atoms with Crippen LogP contribution in [0.25, 0.3) is 0 Å². The van der Waals surface area contributed by atoms with Gasteiger partial charge in [0.05, 0.1) is 33.4 Å². The summed E-state index contributed by atoms with van der Waals surface area (Å²) in [6.45, 7) is 1.52. The number of halogens is 1. The first kappa shape index (κ1) is 17.2. The molecule has 122 valence electrons. The molecule has 0 amide bonds. The molecular weight excluding hydrogens is 354 g/mol. The van der Waals surface area contributed by atoms with Crippen LogP contribution in [0.4, 0.5) is 0 Å². The average molecular weight is 368 g/mol. The molecule has 2 N–H and O–H groups in total. The molecule has 0 aromatic heterocycles. The van der Waals surface area contributed by atoms with Gasteiger partial charge in [0.25, 0.3) is 0 Å². The summed E-state index contributed by atoms with van der Waals surface area (Å²) in [5, 5.41) is 8.09. The zero-order chi connectivity index (χ0) is 16.7. The van der Waals surface area contributed by atoms with Gasteiger partial charge in [0, 0.05) is 0 Å². The van der Waals surface area contributed by atoms with Gasteiger partial charge in [0.1, 0.15) is 0 Å². The lowest BCUT2D eigenvalue weighted by Gasteiger charge is -2.16. The molecule has 1 heterocycles. The maximum Gasteiger partial charge on any atom is 0.335 e. The fourth-order valence-electron chi connectivity index (χ4n) is 2.20. The van der Waals surface area contributed by atoms with E-state index in [4.69, 9.17) is 16.7 Å². The van der Waals surface area contributed by atoms with Crippen molar-refractivity contribution in [3.8, 4) is 0 Å². The van der Waals surface area contributed by atoms with Gasteiger partial charge in [0.15, 0.2) is 9.84 Å². The van der Waals surface area contributed by atoms with Crippen molar-refractivity contribution >= 4 is 37.4 Å². The lowest BCUT2D eigenvalue weighted by molar-refractivity contribution is 0.0696. The van der Waals surface area contributed by atoms with Crippen LogP contribution in [0.1, 0.15) is 15.9 Å². The van der Waals surface area contributed by atoms with Crippen LogP contribution in [0.3, 0.4) is 0 Å². The summed E-state index contributed by atoms with van der Waals surface area (Å²) in [5.74, 6) is -1.93. The minimum atomic E-state index is -4.08. The number of alkyl halides is 1. The molecule has 10 heteroatoms. The quantitative estimate of drug-likeness (QED) is 0.742. The molecule has 1 aliphatic heterocycles. The van der Waals surface area contributed by atoms with Crippen molar-refractivity contribution in [3.05, 3.63) is 29.3 Å². The van der Waals surface area contributed by atoms with Gasteiger partial charge in [-0.2, -0.15) is 0 Å². The Bertz CT molecular complexity index is 818. The molecule has 0 spiro atoms. The second-order valence-electron chi connectivity index (χ2n) is 5.11. The van der Waals surface area contributed by atoms with Crippen molar-refractivity contribution in [1.29, 1.82) is 0 Å². The highest BCUT2D eigenvalue weighted by atomic mass is 35.5. The minimum absolute atomic E-state index is 0.174. The Hall–Kier alpha value is -1.16. The molecule has 1 aromatic rings. The second-order valence-corrected chi connectivity index (χ2v) is 9.50. The number of hydrogen-bond donors (Lipinski definition) is 2. The summed E-state index contributed by atoms with van der Waals surface area (Å²) in [4.78, 5) is 10.7. The van der Waals surface area contributed by atoms with E-state index in [0.29, 0.717) is 5.56 Å². The molecular formula is C12H14ClNO6S2. The lowest BCUT2D eigenvalue weighted by Crippen LogP contribution is -2.40. The van der Waals surface area contributed by atoms with Gasteiger partial charge in [-0.25, -0.2) is 26.4 Å². The zero-order valence-electron chi connectivity index (χ0n) is 11.5. The van der Waals surface area contributed by atoms with Crippen molar-refractivity contribution in [2.24, 2.45) is 0 Å². The van der Waals surface area contributed by atoms with Crippen LogP contribution < -0.4 is 4.72 Å². The number of carbonyl (C=O) groups is 1. The number of nitrogens with one attached hydrogen (secondary N) is 1. The molecule has 2 atom stereocenters. The third kappa shape index (κ3) is 3.60. The smallest absolute Gasteiger partial charge is 0.335 e. The molecule has 1 aromatic carbocycles. The molecule has 22 heavy (non-hydrogen) atoms. The Morgan fingerprint density at radius 3 is 2.50 bits per heavy atom. The van der Waals surface area contributed by atoms with Crippen molar-refractivity contribution < 1.29 is 26.7 Å². The van der Waals surface area contributed by atoms with E-state index >= 15 is 0 Å². The van der Waals surface area contributed by atoms with Crippen LogP contribution in [0, 0.1) is 6.92 Å². The monoisotopic (exact) mass is 367 g/mol. The summed E-state index contributed by atoms with van der Waals surface area (Å²) in [6, 6.07) is 2.76. The summed E-state index contributed by atoms with van der Waals surface area (Å²) in [6.07, 6.45) is 0. The summed E-state index contributed by atoms with van der Waals surface area (Å²) in [7, 11) is -7.46. The van der Waals surface area contributed by atoms with Crippen molar-refractivity contribution in [2.45, 2.75) is 23.2 Å². The zero-order valence-corrected chi connectivity index (χ0v) is 13.9. The highest BCUT2D eigenvalue weighted by Gasteiger charge is 2.39. The van der Waals surface area contributed by atoms with E-state index in [9.17, 15) is 21.6 Å². The third-order valence-corrected chi connectivity index (χ3v) is 7.32. The Balaban J connectivity index is 2.35. The van der Waals surface area contributed by atoms with Crippen molar-refractivity contribution in [2.75, 3.05) is 11.5 Å². The van der Waals surface area contributed by atoms with E-state index in [2.05, 4.69) is 4.72 Å². The summed E-state index contributed by atoms with van der Waals surface area (Å²) in [5.41, 5.74) is 0.178. The molecule has 1 saturated heterocycles. The highest BCUT2D eigenvalue weighted by Crippen LogP contribution is 2.22. The number of aryl methyl sites for hydroxylation is 1. The molecule has 0 bridgehead atoms. The predicted octanol–water partition coefficient (Wildman–Crippen LogP) is 0.376. The third-order valence-electron chi connectivity index (χ3n) is 3.31. The number of sulfone groups is 1. The first-order valence-electron chi connectivity index (χ1n) is 6.22. The number of carboxylic acids is 1. The molecule has 7 nitrogen and oxygen atoms in total. The van der Waals surface area contributed by atoms with E-state index in [1.807, 2.05) is 0 Å².